The van der Waals surface area contributed by atoms with Gasteiger partial charge in [-0.2, -0.15) is 0 Å². The Morgan fingerprint density at radius 3 is 2.32 bits per heavy atom. The first-order valence-corrected chi connectivity index (χ1v) is 8.74. The SMILES string of the molecule is CNC(=O)c1cccc(NC(=O)CC2(C(=O)O)CCCCCC2)c1C. The Bertz CT molecular complexity index is 661. The van der Waals surface area contributed by atoms with Gasteiger partial charge in [0.1, 0.15) is 0 Å². The molecule has 6 nitrogen and oxygen atoms in total. The largest absolute Gasteiger partial charge is 0.481 e. The molecule has 1 saturated carbocycles. The van der Waals surface area contributed by atoms with Crippen LogP contribution in [0.25, 0.3) is 0 Å². The van der Waals surface area contributed by atoms with Crippen molar-refractivity contribution in [3.05, 3.63) is 29.3 Å². The van der Waals surface area contributed by atoms with E-state index in [0.29, 0.717) is 29.7 Å². The zero-order valence-corrected chi connectivity index (χ0v) is 14.9. The number of anilines is 1. The molecule has 0 heterocycles. The van der Waals surface area contributed by atoms with Crippen LogP contribution in [0.15, 0.2) is 18.2 Å². The van der Waals surface area contributed by atoms with Crippen LogP contribution in [0.4, 0.5) is 5.69 Å². The van der Waals surface area contributed by atoms with E-state index in [4.69, 9.17) is 0 Å². The van der Waals surface area contributed by atoms with Crippen molar-refractivity contribution < 1.29 is 19.5 Å². The van der Waals surface area contributed by atoms with Crippen molar-refractivity contribution >= 4 is 23.5 Å². The van der Waals surface area contributed by atoms with Crippen LogP contribution < -0.4 is 10.6 Å². The van der Waals surface area contributed by atoms with Gasteiger partial charge in [0.05, 0.1) is 5.41 Å². The summed E-state index contributed by atoms with van der Waals surface area (Å²) in [5.41, 5.74) is 0.718. The third kappa shape index (κ3) is 4.38. The minimum Gasteiger partial charge on any atom is -0.481 e. The fraction of sp³-hybridized carbons (Fsp3) is 0.526. The molecule has 0 radical (unpaired) electrons. The highest BCUT2D eigenvalue weighted by Crippen LogP contribution is 2.38. The number of carboxylic acids is 1. The average molecular weight is 346 g/mol. The van der Waals surface area contributed by atoms with Crippen LogP contribution >= 0.6 is 0 Å². The van der Waals surface area contributed by atoms with Gasteiger partial charge >= 0.3 is 5.97 Å². The molecular formula is C19H26N2O4. The van der Waals surface area contributed by atoms with Crippen LogP contribution in [0.1, 0.15) is 60.9 Å². The van der Waals surface area contributed by atoms with Gasteiger partial charge in [-0.25, -0.2) is 0 Å². The third-order valence-corrected chi connectivity index (χ3v) is 5.09. The highest BCUT2D eigenvalue weighted by molar-refractivity contribution is 6.00. The van der Waals surface area contributed by atoms with Gasteiger partial charge in [0, 0.05) is 24.7 Å². The molecule has 0 aromatic heterocycles. The molecule has 6 heteroatoms. The molecule has 0 unspecified atom stereocenters. The van der Waals surface area contributed by atoms with E-state index in [2.05, 4.69) is 10.6 Å². The van der Waals surface area contributed by atoms with Gasteiger partial charge in [0.25, 0.3) is 5.91 Å². The van der Waals surface area contributed by atoms with Crippen LogP contribution in [-0.4, -0.2) is 29.9 Å². The van der Waals surface area contributed by atoms with E-state index in [1.165, 1.54) is 0 Å². The van der Waals surface area contributed by atoms with Crippen LogP contribution in [0.5, 0.6) is 0 Å². The first kappa shape index (κ1) is 19.0. The fourth-order valence-electron chi connectivity index (χ4n) is 3.53. The predicted molar refractivity (Wildman–Crippen MR) is 95.6 cm³/mol. The summed E-state index contributed by atoms with van der Waals surface area (Å²) in [5, 5.41) is 15.1. The minimum absolute atomic E-state index is 0.0357. The molecule has 1 fully saturated rings. The number of aliphatic carboxylic acids is 1. The lowest BCUT2D eigenvalue weighted by Gasteiger charge is -2.27. The summed E-state index contributed by atoms with van der Waals surface area (Å²) in [4.78, 5) is 36.2. The van der Waals surface area contributed by atoms with Crippen molar-refractivity contribution in [3.63, 3.8) is 0 Å². The molecule has 0 aliphatic heterocycles. The maximum atomic E-state index is 12.5. The minimum atomic E-state index is -0.979. The van der Waals surface area contributed by atoms with E-state index in [1.54, 1.807) is 32.2 Å². The van der Waals surface area contributed by atoms with Gasteiger partial charge in [-0.1, -0.05) is 31.7 Å². The molecule has 0 bridgehead atoms. The smallest absolute Gasteiger partial charge is 0.310 e. The zero-order chi connectivity index (χ0) is 18.4. The maximum absolute atomic E-state index is 12.5. The number of nitrogens with one attached hydrogen (secondary N) is 2. The first-order valence-electron chi connectivity index (χ1n) is 8.74. The van der Waals surface area contributed by atoms with Crippen molar-refractivity contribution in [1.29, 1.82) is 0 Å². The molecule has 2 rings (SSSR count). The molecule has 0 saturated heterocycles. The molecule has 1 aromatic carbocycles. The summed E-state index contributed by atoms with van der Waals surface area (Å²) in [6, 6.07) is 5.11. The van der Waals surface area contributed by atoms with Crippen LogP contribution in [0.2, 0.25) is 0 Å². The van der Waals surface area contributed by atoms with E-state index >= 15 is 0 Å². The normalized spacial score (nSPS) is 16.6. The molecular weight excluding hydrogens is 320 g/mol. The first-order chi connectivity index (χ1) is 11.9. The van der Waals surface area contributed by atoms with Gasteiger partial charge < -0.3 is 15.7 Å². The Morgan fingerprint density at radius 2 is 1.76 bits per heavy atom. The summed E-state index contributed by atoms with van der Waals surface area (Å²) >= 11 is 0. The number of hydrogen-bond acceptors (Lipinski definition) is 3. The maximum Gasteiger partial charge on any atom is 0.310 e. The second-order valence-corrected chi connectivity index (χ2v) is 6.78. The van der Waals surface area contributed by atoms with Gasteiger partial charge in [-0.3, -0.25) is 14.4 Å². The Morgan fingerprint density at radius 1 is 1.12 bits per heavy atom. The van der Waals surface area contributed by atoms with Crippen LogP contribution in [-0.2, 0) is 9.59 Å². The number of benzene rings is 1. The van der Waals surface area contributed by atoms with Crippen LogP contribution in [0, 0.1) is 12.3 Å². The summed E-state index contributed by atoms with van der Waals surface area (Å²) < 4.78 is 0. The number of carboxylic acid groups (broad SMARTS) is 1. The lowest BCUT2D eigenvalue weighted by atomic mass is 9.77. The number of rotatable bonds is 5. The number of amides is 2. The highest BCUT2D eigenvalue weighted by Gasteiger charge is 2.40. The molecule has 3 N–H and O–H groups in total. The van der Waals surface area contributed by atoms with E-state index in [0.717, 1.165) is 25.7 Å². The van der Waals surface area contributed by atoms with E-state index < -0.39 is 11.4 Å². The second kappa shape index (κ2) is 8.14. The molecule has 0 spiro atoms. The Labute approximate surface area is 148 Å². The van der Waals surface area contributed by atoms with Crippen molar-refractivity contribution in [3.8, 4) is 0 Å². The Balaban J connectivity index is 2.16. The summed E-state index contributed by atoms with van der Waals surface area (Å²) in [6.45, 7) is 1.76. The van der Waals surface area contributed by atoms with E-state index in [-0.39, 0.29) is 18.2 Å². The summed E-state index contributed by atoms with van der Waals surface area (Å²) in [6.07, 6.45) is 4.75. The molecule has 1 aromatic rings. The standard InChI is InChI=1S/C19H26N2O4/c1-13-14(17(23)20-2)8-7-9-15(13)21-16(22)12-19(18(24)25)10-5-3-4-6-11-19/h7-9H,3-6,10-12H2,1-2H3,(H,20,23)(H,21,22)(H,24,25). The summed E-state index contributed by atoms with van der Waals surface area (Å²) in [7, 11) is 1.55. The fourth-order valence-corrected chi connectivity index (χ4v) is 3.53. The van der Waals surface area contributed by atoms with Gasteiger partial charge in [0.2, 0.25) is 5.91 Å². The number of carbonyl (C=O) groups excluding carboxylic acids is 2. The van der Waals surface area contributed by atoms with Gasteiger partial charge in [0.15, 0.2) is 0 Å². The molecule has 136 valence electrons. The van der Waals surface area contributed by atoms with Crippen molar-refractivity contribution in [2.75, 3.05) is 12.4 Å². The third-order valence-electron chi connectivity index (χ3n) is 5.09. The van der Waals surface area contributed by atoms with E-state index in [9.17, 15) is 19.5 Å². The molecule has 25 heavy (non-hydrogen) atoms. The Kier molecular flexibility index (Phi) is 6.17. The summed E-state index contributed by atoms with van der Waals surface area (Å²) in [5.74, 6) is -1.43. The highest BCUT2D eigenvalue weighted by atomic mass is 16.4. The van der Waals surface area contributed by atoms with E-state index in [1.807, 2.05) is 0 Å². The lowest BCUT2D eigenvalue weighted by Crippen LogP contribution is -2.35. The van der Waals surface area contributed by atoms with Crippen molar-refractivity contribution in [2.45, 2.75) is 51.9 Å². The Hall–Kier alpha value is -2.37. The molecule has 1 aliphatic carbocycles. The molecule has 0 atom stereocenters. The van der Waals surface area contributed by atoms with Crippen molar-refractivity contribution in [2.24, 2.45) is 5.41 Å². The average Bonchev–Trinajstić information content (AvgIpc) is 2.82. The van der Waals surface area contributed by atoms with Gasteiger partial charge in [-0.05, 0) is 37.5 Å². The van der Waals surface area contributed by atoms with Crippen LogP contribution in [0.3, 0.4) is 0 Å². The quantitative estimate of drug-likeness (QED) is 0.714. The van der Waals surface area contributed by atoms with Crippen molar-refractivity contribution in [1.82, 2.24) is 5.32 Å². The predicted octanol–water partition coefficient (Wildman–Crippen LogP) is 3.11. The molecule has 2 amide bonds. The monoisotopic (exact) mass is 346 g/mol. The zero-order valence-electron chi connectivity index (χ0n) is 14.9. The number of hydrogen-bond donors (Lipinski definition) is 3. The number of carbonyl (C=O) groups is 3. The van der Waals surface area contributed by atoms with Gasteiger partial charge in [-0.15, -0.1) is 0 Å². The lowest BCUT2D eigenvalue weighted by molar-refractivity contribution is -0.152. The topological polar surface area (TPSA) is 95.5 Å². The second-order valence-electron chi connectivity index (χ2n) is 6.78. The molecule has 1 aliphatic rings.